The summed E-state index contributed by atoms with van der Waals surface area (Å²) in [4.78, 5) is 0. The Hall–Kier alpha value is -0.390. The lowest BCUT2D eigenvalue weighted by molar-refractivity contribution is 0.419. The first kappa shape index (κ1) is 15.5. The van der Waals surface area contributed by atoms with E-state index in [1.807, 2.05) is 11.3 Å². The lowest BCUT2D eigenvalue weighted by atomic mass is 9.79. The van der Waals surface area contributed by atoms with Crippen LogP contribution < -0.4 is 5.32 Å². The van der Waals surface area contributed by atoms with Gasteiger partial charge >= 0.3 is 0 Å². The van der Waals surface area contributed by atoms with E-state index in [0.717, 1.165) is 18.9 Å². The zero-order chi connectivity index (χ0) is 14.7. The fourth-order valence-electron chi connectivity index (χ4n) is 2.89. The zero-order valence-electron chi connectivity index (χ0n) is 12.4. The van der Waals surface area contributed by atoms with Crippen LogP contribution in [0.5, 0.6) is 0 Å². The highest BCUT2D eigenvalue weighted by Gasteiger charge is 2.20. The Labute approximate surface area is 145 Å². The Morgan fingerprint density at radius 1 is 1.24 bits per heavy atom. The molecule has 1 nitrogen and oxygen atoms in total. The minimum Gasteiger partial charge on any atom is -0.306 e. The number of thiophene rings is 1. The zero-order valence-corrected chi connectivity index (χ0v) is 15.4. The first-order chi connectivity index (χ1) is 10.3. The van der Waals surface area contributed by atoms with Crippen molar-refractivity contribution < 1.29 is 0 Å². The van der Waals surface area contributed by atoms with Crippen LogP contribution in [0.2, 0.25) is 0 Å². The van der Waals surface area contributed by atoms with Gasteiger partial charge in [0.1, 0.15) is 0 Å². The van der Waals surface area contributed by atoms with Crippen molar-refractivity contribution in [1.82, 2.24) is 5.32 Å². The van der Waals surface area contributed by atoms with Crippen molar-refractivity contribution in [3.63, 3.8) is 0 Å². The van der Waals surface area contributed by atoms with E-state index in [1.54, 1.807) is 0 Å². The quantitative estimate of drug-likeness (QED) is 0.601. The van der Waals surface area contributed by atoms with Gasteiger partial charge in [0.05, 0.1) is 8.93 Å². The van der Waals surface area contributed by atoms with Crippen LogP contribution in [-0.2, 0) is 0 Å². The average Bonchev–Trinajstić information content (AvgIpc) is 2.85. The lowest BCUT2D eigenvalue weighted by Crippen LogP contribution is -2.22. The first-order valence-electron chi connectivity index (χ1n) is 7.85. The number of hydrogen-bond donors (Lipinski definition) is 1. The molecular weight excluding hydrogens is 389 g/mol. The van der Waals surface area contributed by atoms with Gasteiger partial charge in [-0.2, -0.15) is 0 Å². The fraction of sp³-hybridized carbons (Fsp3) is 0.444. The minimum atomic E-state index is 0.333. The summed E-state index contributed by atoms with van der Waals surface area (Å²) < 4.78 is 1.36. The number of benzene rings is 1. The highest BCUT2D eigenvalue weighted by atomic mass is 127. The molecule has 3 heteroatoms. The van der Waals surface area contributed by atoms with E-state index in [9.17, 15) is 0 Å². The summed E-state index contributed by atoms with van der Waals surface area (Å²) in [6.45, 7) is 3.28. The van der Waals surface area contributed by atoms with Crippen LogP contribution in [0.25, 0.3) is 0 Å². The molecule has 21 heavy (non-hydrogen) atoms. The molecule has 0 aliphatic heterocycles. The molecular formula is C18H22INS. The largest absolute Gasteiger partial charge is 0.306 e. The molecule has 1 atom stereocenters. The molecule has 0 amide bonds. The molecule has 0 saturated heterocycles. The number of halogens is 1. The molecule has 1 unspecified atom stereocenters. The molecule has 1 saturated carbocycles. The van der Waals surface area contributed by atoms with Crippen LogP contribution in [0.15, 0.2) is 35.7 Å². The molecule has 3 rings (SSSR count). The predicted octanol–water partition coefficient (Wildman–Crippen LogP) is 5.71. The molecule has 1 aromatic carbocycles. The summed E-state index contributed by atoms with van der Waals surface area (Å²) in [7, 11) is 0. The van der Waals surface area contributed by atoms with Gasteiger partial charge < -0.3 is 5.32 Å². The van der Waals surface area contributed by atoms with Crippen molar-refractivity contribution in [1.29, 1.82) is 0 Å². The third kappa shape index (κ3) is 3.69. The molecule has 0 bridgehead atoms. The highest BCUT2D eigenvalue weighted by molar-refractivity contribution is 14.1. The topological polar surface area (TPSA) is 12.0 Å². The van der Waals surface area contributed by atoms with Crippen molar-refractivity contribution in [2.45, 2.75) is 44.6 Å². The molecule has 112 valence electrons. The van der Waals surface area contributed by atoms with Gasteiger partial charge in [-0.1, -0.05) is 37.6 Å². The van der Waals surface area contributed by atoms with E-state index in [0.29, 0.717) is 6.04 Å². The van der Waals surface area contributed by atoms with Gasteiger partial charge in [-0.05, 0) is 82.5 Å². The summed E-state index contributed by atoms with van der Waals surface area (Å²) >= 11 is 4.24. The minimum absolute atomic E-state index is 0.333. The number of hydrogen-bond acceptors (Lipinski definition) is 2. The standard InChI is InChI=1S/C18H22INS/c1-2-10-20-18(16-11-17(19)21-12-16)15-8-6-14(7-9-15)13-4-3-5-13/h6-9,11-13,18,20H,2-5,10H2,1H3. The smallest absolute Gasteiger partial charge is 0.0656 e. The number of rotatable bonds is 6. The molecule has 1 fully saturated rings. The highest BCUT2D eigenvalue weighted by Crippen LogP contribution is 2.37. The van der Waals surface area contributed by atoms with E-state index in [4.69, 9.17) is 0 Å². The van der Waals surface area contributed by atoms with Crippen LogP contribution in [0.4, 0.5) is 0 Å². The Balaban J connectivity index is 1.81. The van der Waals surface area contributed by atoms with Gasteiger partial charge in [0.15, 0.2) is 0 Å². The first-order valence-corrected chi connectivity index (χ1v) is 9.81. The molecule has 1 N–H and O–H groups in total. The molecule has 0 radical (unpaired) electrons. The summed E-state index contributed by atoms with van der Waals surface area (Å²) in [5.74, 6) is 0.822. The molecule has 2 aromatic rings. The molecule has 1 aliphatic rings. The van der Waals surface area contributed by atoms with Crippen LogP contribution in [0, 0.1) is 2.88 Å². The van der Waals surface area contributed by atoms with Crippen molar-refractivity contribution >= 4 is 33.9 Å². The molecule has 0 spiro atoms. The summed E-state index contributed by atoms with van der Waals surface area (Å²) in [6, 6.07) is 12.0. The van der Waals surface area contributed by atoms with Crippen LogP contribution >= 0.6 is 33.9 Å². The Kier molecular flexibility index (Phi) is 5.35. The van der Waals surface area contributed by atoms with Crippen LogP contribution in [0.1, 0.15) is 61.3 Å². The van der Waals surface area contributed by atoms with Crippen LogP contribution in [-0.4, -0.2) is 6.54 Å². The van der Waals surface area contributed by atoms with Gasteiger partial charge in [-0.25, -0.2) is 0 Å². The third-order valence-corrected chi connectivity index (χ3v) is 6.17. The van der Waals surface area contributed by atoms with Gasteiger partial charge in [-0.15, -0.1) is 11.3 Å². The maximum Gasteiger partial charge on any atom is 0.0656 e. The maximum atomic E-state index is 3.70. The summed E-state index contributed by atoms with van der Waals surface area (Å²) in [6.07, 6.45) is 5.32. The molecule has 1 aromatic heterocycles. The van der Waals surface area contributed by atoms with E-state index in [2.05, 4.69) is 70.5 Å². The second kappa shape index (κ2) is 7.25. The third-order valence-electron chi connectivity index (χ3n) is 4.37. The number of nitrogens with one attached hydrogen (secondary N) is 1. The van der Waals surface area contributed by atoms with Crippen molar-refractivity contribution in [3.8, 4) is 0 Å². The maximum absolute atomic E-state index is 3.70. The van der Waals surface area contributed by atoms with Gasteiger partial charge in [0, 0.05) is 0 Å². The lowest BCUT2D eigenvalue weighted by Gasteiger charge is -2.26. The predicted molar refractivity (Wildman–Crippen MR) is 100 cm³/mol. The van der Waals surface area contributed by atoms with E-state index < -0.39 is 0 Å². The van der Waals surface area contributed by atoms with Crippen molar-refractivity contribution in [2.24, 2.45) is 0 Å². The second-order valence-corrected chi connectivity index (χ2v) is 8.67. The SMILES string of the molecule is CCCNC(c1ccc(C2CCC2)cc1)c1csc(I)c1. The van der Waals surface area contributed by atoms with Gasteiger partial charge in [0.25, 0.3) is 0 Å². The monoisotopic (exact) mass is 411 g/mol. The van der Waals surface area contributed by atoms with Crippen molar-refractivity contribution in [2.75, 3.05) is 6.54 Å². The molecule has 1 heterocycles. The van der Waals surface area contributed by atoms with Gasteiger partial charge in [0.2, 0.25) is 0 Å². The van der Waals surface area contributed by atoms with Crippen LogP contribution in [0.3, 0.4) is 0 Å². The Morgan fingerprint density at radius 3 is 2.52 bits per heavy atom. The van der Waals surface area contributed by atoms with E-state index >= 15 is 0 Å². The van der Waals surface area contributed by atoms with E-state index in [1.165, 1.54) is 38.8 Å². The molecule has 1 aliphatic carbocycles. The van der Waals surface area contributed by atoms with Crippen molar-refractivity contribution in [3.05, 3.63) is 55.3 Å². The summed E-state index contributed by atoms with van der Waals surface area (Å²) in [5, 5.41) is 5.98. The fourth-order valence-corrected chi connectivity index (χ4v) is 4.29. The van der Waals surface area contributed by atoms with E-state index in [-0.39, 0.29) is 0 Å². The van der Waals surface area contributed by atoms with Gasteiger partial charge in [-0.3, -0.25) is 0 Å². The summed E-state index contributed by atoms with van der Waals surface area (Å²) in [5.41, 5.74) is 4.31. The average molecular weight is 411 g/mol. The Morgan fingerprint density at radius 2 is 2.00 bits per heavy atom. The second-order valence-electron chi connectivity index (χ2n) is 5.87. The Bertz CT molecular complexity index is 571. The normalized spacial score (nSPS) is 16.7.